The first-order chi connectivity index (χ1) is 23.0. The molecule has 1 atom stereocenters. The van der Waals surface area contributed by atoms with Crippen molar-refractivity contribution in [1.82, 2.24) is 10.2 Å². The second-order valence-corrected chi connectivity index (χ2v) is 14.7. The minimum atomic E-state index is -4.22. The predicted octanol–water partition coefficient (Wildman–Crippen LogP) is 8.16. The van der Waals surface area contributed by atoms with Crippen molar-refractivity contribution >= 4 is 50.7 Å². The van der Waals surface area contributed by atoms with Crippen LogP contribution in [0.3, 0.4) is 0 Å². The number of hydrogen-bond acceptors (Lipinski definition) is 5. The van der Waals surface area contributed by atoms with Crippen LogP contribution in [-0.4, -0.2) is 43.8 Å². The lowest BCUT2D eigenvalue weighted by Crippen LogP contribution is -2.53. The average Bonchev–Trinajstić information content (AvgIpc) is 3.08. The molecule has 4 aromatic rings. The third kappa shape index (κ3) is 8.89. The van der Waals surface area contributed by atoms with Gasteiger partial charge in [-0.15, -0.1) is 0 Å². The van der Waals surface area contributed by atoms with Gasteiger partial charge < -0.3 is 15.0 Å². The molecule has 8 nitrogen and oxygen atoms in total. The predicted molar refractivity (Wildman–Crippen MR) is 190 cm³/mol. The molecule has 0 radical (unpaired) electrons. The minimum absolute atomic E-state index is 0.0112. The van der Waals surface area contributed by atoms with Crippen molar-refractivity contribution in [2.24, 2.45) is 0 Å². The molecule has 0 saturated heterocycles. The molecule has 0 unspecified atom stereocenters. The second kappa shape index (κ2) is 15.9. The number of halogens is 2. The molecule has 0 bridgehead atoms. The van der Waals surface area contributed by atoms with Crippen LogP contribution in [0, 0.1) is 6.92 Å². The summed E-state index contributed by atoms with van der Waals surface area (Å²) in [7, 11) is -4.22. The van der Waals surface area contributed by atoms with Crippen molar-refractivity contribution in [3.63, 3.8) is 0 Å². The number of aryl methyl sites for hydroxylation is 1. The zero-order valence-corrected chi connectivity index (χ0v) is 29.3. The molecule has 1 aliphatic carbocycles. The van der Waals surface area contributed by atoms with Gasteiger partial charge in [0.05, 0.1) is 20.6 Å². The lowest BCUT2D eigenvalue weighted by Gasteiger charge is -2.33. The van der Waals surface area contributed by atoms with E-state index in [1.54, 1.807) is 61.5 Å². The fourth-order valence-corrected chi connectivity index (χ4v) is 7.39. The largest absolute Gasteiger partial charge is 0.457 e. The number of benzene rings is 4. The van der Waals surface area contributed by atoms with E-state index in [2.05, 4.69) is 5.32 Å². The third-order valence-corrected chi connectivity index (χ3v) is 11.0. The van der Waals surface area contributed by atoms with Crippen molar-refractivity contribution in [3.8, 4) is 11.5 Å². The lowest BCUT2D eigenvalue weighted by molar-refractivity contribution is -0.139. The van der Waals surface area contributed by atoms with Crippen LogP contribution in [0.5, 0.6) is 11.5 Å². The Morgan fingerprint density at radius 2 is 1.50 bits per heavy atom. The molecule has 0 heterocycles. The first kappa shape index (κ1) is 35.3. The van der Waals surface area contributed by atoms with Crippen LogP contribution in [0.25, 0.3) is 0 Å². The van der Waals surface area contributed by atoms with E-state index in [1.165, 1.54) is 17.0 Å². The Hall–Kier alpha value is -4.05. The van der Waals surface area contributed by atoms with Gasteiger partial charge in [-0.25, -0.2) is 8.42 Å². The summed E-state index contributed by atoms with van der Waals surface area (Å²) in [6.07, 6.45) is 4.96. The first-order valence-corrected chi connectivity index (χ1v) is 18.2. The molecular formula is C37H39Cl2N3O5S. The summed E-state index contributed by atoms with van der Waals surface area (Å²) < 4.78 is 35.4. The summed E-state index contributed by atoms with van der Waals surface area (Å²) in [4.78, 5) is 29.3. The summed E-state index contributed by atoms with van der Waals surface area (Å²) in [6.45, 7) is 2.97. The van der Waals surface area contributed by atoms with Crippen LogP contribution in [-0.2, 0) is 26.2 Å². The zero-order chi connectivity index (χ0) is 34.3. The average molecular weight is 709 g/mol. The molecule has 0 aromatic heterocycles. The van der Waals surface area contributed by atoms with Gasteiger partial charge in [-0.1, -0.05) is 84.4 Å². The number of rotatable bonds is 12. The lowest BCUT2D eigenvalue weighted by atomic mass is 9.95. The van der Waals surface area contributed by atoms with Crippen LogP contribution in [0.4, 0.5) is 5.69 Å². The van der Waals surface area contributed by atoms with E-state index >= 15 is 0 Å². The molecule has 2 amide bonds. The van der Waals surface area contributed by atoms with Gasteiger partial charge in [0, 0.05) is 12.6 Å². The number of para-hydroxylation sites is 1. The van der Waals surface area contributed by atoms with Gasteiger partial charge in [0.15, 0.2) is 0 Å². The SMILES string of the molecule is Cc1ccc(S(=O)(=O)N(CC(=O)N(Cc2ccc(Cl)c(Cl)c2)[C@@H](C)C(=O)NC2CCCCC2)c2ccc(Oc3ccccc3)cc2)cc1. The van der Waals surface area contributed by atoms with Crippen LogP contribution in [0.1, 0.15) is 50.2 Å². The Morgan fingerprint density at radius 1 is 0.854 bits per heavy atom. The van der Waals surface area contributed by atoms with Crippen LogP contribution in [0.15, 0.2) is 102 Å². The maximum atomic E-state index is 14.3. The highest BCUT2D eigenvalue weighted by Gasteiger charge is 2.33. The summed E-state index contributed by atoms with van der Waals surface area (Å²) in [6, 6.07) is 26.3. The van der Waals surface area contributed by atoms with Gasteiger partial charge in [-0.3, -0.25) is 13.9 Å². The molecule has 1 saturated carbocycles. The molecule has 4 aromatic carbocycles. The minimum Gasteiger partial charge on any atom is -0.457 e. The quantitative estimate of drug-likeness (QED) is 0.160. The van der Waals surface area contributed by atoms with E-state index in [-0.39, 0.29) is 29.1 Å². The monoisotopic (exact) mass is 707 g/mol. The fraction of sp³-hybridized carbons (Fsp3) is 0.297. The topological polar surface area (TPSA) is 96.0 Å². The Kier molecular flexibility index (Phi) is 11.7. The Bertz CT molecular complexity index is 1810. The zero-order valence-electron chi connectivity index (χ0n) is 26.9. The summed E-state index contributed by atoms with van der Waals surface area (Å²) in [5, 5.41) is 3.77. The maximum Gasteiger partial charge on any atom is 0.264 e. The molecule has 1 aliphatic rings. The van der Waals surface area contributed by atoms with Gasteiger partial charge >= 0.3 is 0 Å². The number of ether oxygens (including phenoxy) is 1. The molecule has 0 spiro atoms. The second-order valence-electron chi connectivity index (χ2n) is 12.0. The molecule has 11 heteroatoms. The van der Waals surface area contributed by atoms with Gasteiger partial charge in [-0.05, 0) is 92.9 Å². The van der Waals surface area contributed by atoms with Crippen LogP contribution in [0.2, 0.25) is 10.0 Å². The number of sulfonamides is 1. The van der Waals surface area contributed by atoms with Crippen LogP contribution < -0.4 is 14.4 Å². The van der Waals surface area contributed by atoms with Crippen LogP contribution >= 0.6 is 23.2 Å². The Labute approximate surface area is 292 Å². The third-order valence-electron chi connectivity index (χ3n) is 8.45. The number of amides is 2. The number of nitrogens with zero attached hydrogens (tertiary/aromatic N) is 2. The first-order valence-electron chi connectivity index (χ1n) is 16.0. The van der Waals surface area contributed by atoms with Crippen molar-refractivity contribution in [2.75, 3.05) is 10.8 Å². The molecular weight excluding hydrogens is 669 g/mol. The van der Waals surface area contributed by atoms with E-state index in [9.17, 15) is 18.0 Å². The summed E-state index contributed by atoms with van der Waals surface area (Å²) in [5.74, 6) is 0.263. The number of nitrogens with one attached hydrogen (secondary N) is 1. The molecule has 252 valence electrons. The van der Waals surface area contributed by atoms with E-state index in [4.69, 9.17) is 27.9 Å². The summed E-state index contributed by atoms with van der Waals surface area (Å²) in [5.41, 5.74) is 1.80. The highest BCUT2D eigenvalue weighted by Crippen LogP contribution is 2.29. The van der Waals surface area contributed by atoms with Crippen molar-refractivity contribution in [2.45, 2.75) is 69.5 Å². The van der Waals surface area contributed by atoms with E-state index in [0.717, 1.165) is 42.0 Å². The molecule has 1 N–H and O–H groups in total. The molecule has 5 rings (SSSR count). The fourth-order valence-electron chi connectivity index (χ4n) is 5.66. The summed E-state index contributed by atoms with van der Waals surface area (Å²) >= 11 is 12.5. The maximum absolute atomic E-state index is 14.3. The van der Waals surface area contributed by atoms with Crippen molar-refractivity contribution in [1.29, 1.82) is 0 Å². The van der Waals surface area contributed by atoms with E-state index in [1.807, 2.05) is 37.3 Å². The number of carbonyl (C=O) groups is 2. The van der Waals surface area contributed by atoms with Crippen molar-refractivity contribution < 1.29 is 22.7 Å². The Morgan fingerprint density at radius 3 is 2.15 bits per heavy atom. The van der Waals surface area contributed by atoms with Gasteiger partial charge in [0.2, 0.25) is 11.8 Å². The van der Waals surface area contributed by atoms with Crippen molar-refractivity contribution in [3.05, 3.63) is 118 Å². The normalized spacial score (nSPS) is 14.2. The molecule has 48 heavy (non-hydrogen) atoms. The number of anilines is 1. The van der Waals surface area contributed by atoms with E-state index < -0.39 is 28.5 Å². The smallest absolute Gasteiger partial charge is 0.264 e. The van der Waals surface area contributed by atoms with Gasteiger partial charge in [0.1, 0.15) is 24.1 Å². The standard InChI is InChI=1S/C37H39Cl2N3O5S/c1-26-13-20-33(21-14-26)48(45,46)42(30-16-18-32(19-17-30)47-31-11-7-4-8-12-31)25-36(43)41(24-28-15-22-34(38)35(39)23-28)27(2)37(44)40-29-9-5-3-6-10-29/h4,7-8,11-23,27,29H,3,5-6,9-10,24-25H2,1-2H3,(H,40,44)/t27-/m0/s1. The highest BCUT2D eigenvalue weighted by atomic mass is 35.5. The van der Waals surface area contributed by atoms with E-state index in [0.29, 0.717) is 27.1 Å². The highest BCUT2D eigenvalue weighted by molar-refractivity contribution is 7.92. The molecule has 0 aliphatic heterocycles. The van der Waals surface area contributed by atoms with Gasteiger partial charge in [0.25, 0.3) is 10.0 Å². The molecule has 1 fully saturated rings. The Balaban J connectivity index is 1.47. The van der Waals surface area contributed by atoms with Gasteiger partial charge in [-0.2, -0.15) is 0 Å². The number of carbonyl (C=O) groups excluding carboxylic acids is 2. The number of hydrogen-bond donors (Lipinski definition) is 1.